The molecule has 0 heterocycles. The van der Waals surface area contributed by atoms with E-state index in [-0.39, 0.29) is 11.2 Å². The molecule has 0 aromatic heterocycles. The van der Waals surface area contributed by atoms with Crippen molar-refractivity contribution in [3.05, 3.63) is 23.3 Å². The van der Waals surface area contributed by atoms with Crippen LogP contribution in [-0.4, -0.2) is 27.7 Å². The van der Waals surface area contributed by atoms with Crippen LogP contribution in [0.2, 0.25) is 0 Å². The molecule has 1 fully saturated rings. The van der Waals surface area contributed by atoms with Crippen molar-refractivity contribution in [3.63, 3.8) is 0 Å². The number of hydrogen-bond donors (Lipinski definition) is 2. The van der Waals surface area contributed by atoms with Crippen LogP contribution >= 0.6 is 0 Å². The largest absolute Gasteiger partial charge is 0.389 e. The van der Waals surface area contributed by atoms with E-state index in [0.29, 0.717) is 17.9 Å². The Kier molecular flexibility index (Phi) is 3.03. The fourth-order valence-corrected chi connectivity index (χ4v) is 3.05. The molecule has 0 unspecified atom stereocenters. The third-order valence-corrected chi connectivity index (χ3v) is 4.53. The van der Waals surface area contributed by atoms with E-state index in [2.05, 4.69) is 6.92 Å². The first-order valence-corrected chi connectivity index (χ1v) is 6.56. The highest BCUT2D eigenvalue weighted by atomic mass is 16.3. The first kappa shape index (κ1) is 13.5. The summed E-state index contributed by atoms with van der Waals surface area (Å²) >= 11 is 0. The van der Waals surface area contributed by atoms with Gasteiger partial charge in [0.15, 0.2) is 5.78 Å². The van der Waals surface area contributed by atoms with Crippen molar-refractivity contribution in [3.8, 4) is 0 Å². The quantitative estimate of drug-likeness (QED) is 0.748. The Morgan fingerprint density at radius 1 is 1.39 bits per heavy atom. The summed E-state index contributed by atoms with van der Waals surface area (Å²) < 4.78 is 0. The number of rotatable bonds is 1. The van der Waals surface area contributed by atoms with Gasteiger partial charge in [-0.05, 0) is 44.3 Å². The average Bonchev–Trinajstić information content (AvgIpc) is 2.25. The van der Waals surface area contributed by atoms with Gasteiger partial charge in [-0.3, -0.25) is 4.79 Å². The van der Waals surface area contributed by atoms with E-state index in [1.807, 2.05) is 13.0 Å². The Hall–Kier alpha value is -0.930. The highest BCUT2D eigenvalue weighted by Crippen LogP contribution is 2.49. The SMILES string of the molecule is C[C@H]1CC[C@@H](O)C2=CC(=O)C(C(C)(C)O)=C[C@@]21C. The molecule has 2 N–H and O–H groups in total. The summed E-state index contributed by atoms with van der Waals surface area (Å²) in [6, 6.07) is 0. The second-order valence-electron chi connectivity index (χ2n) is 6.36. The van der Waals surface area contributed by atoms with Gasteiger partial charge in [-0.25, -0.2) is 0 Å². The number of hydrogen-bond acceptors (Lipinski definition) is 3. The Bertz CT molecular complexity index is 439. The van der Waals surface area contributed by atoms with Crippen LogP contribution in [-0.2, 0) is 4.79 Å². The summed E-state index contributed by atoms with van der Waals surface area (Å²) in [5.74, 6) is 0.181. The summed E-state index contributed by atoms with van der Waals surface area (Å²) in [6.07, 6.45) is 4.51. The molecule has 100 valence electrons. The smallest absolute Gasteiger partial charge is 0.184 e. The minimum atomic E-state index is -1.13. The van der Waals surface area contributed by atoms with Gasteiger partial charge in [0.2, 0.25) is 0 Å². The predicted molar refractivity (Wildman–Crippen MR) is 70.0 cm³/mol. The fraction of sp³-hybridized carbons (Fsp3) is 0.667. The molecule has 3 atom stereocenters. The molecule has 0 aromatic carbocycles. The Balaban J connectivity index is 2.52. The first-order valence-electron chi connectivity index (χ1n) is 6.56. The van der Waals surface area contributed by atoms with E-state index in [1.54, 1.807) is 13.8 Å². The van der Waals surface area contributed by atoms with Gasteiger partial charge in [0.1, 0.15) is 0 Å². The van der Waals surface area contributed by atoms with Gasteiger partial charge >= 0.3 is 0 Å². The number of carbonyl (C=O) groups is 1. The first-order chi connectivity index (χ1) is 8.16. The number of carbonyl (C=O) groups excluding carboxylic acids is 1. The van der Waals surface area contributed by atoms with Gasteiger partial charge in [-0.1, -0.05) is 19.9 Å². The second kappa shape index (κ2) is 4.04. The third-order valence-electron chi connectivity index (χ3n) is 4.53. The van der Waals surface area contributed by atoms with E-state index in [4.69, 9.17) is 0 Å². The van der Waals surface area contributed by atoms with Crippen LogP contribution in [0, 0.1) is 11.3 Å². The van der Waals surface area contributed by atoms with Gasteiger partial charge in [0, 0.05) is 11.0 Å². The van der Waals surface area contributed by atoms with Crippen molar-refractivity contribution in [2.24, 2.45) is 11.3 Å². The molecule has 0 aliphatic heterocycles. The molecule has 18 heavy (non-hydrogen) atoms. The van der Waals surface area contributed by atoms with E-state index in [9.17, 15) is 15.0 Å². The average molecular weight is 250 g/mol. The second-order valence-corrected chi connectivity index (χ2v) is 6.36. The number of ketones is 1. The molecule has 0 amide bonds. The molecule has 2 rings (SSSR count). The molecule has 0 radical (unpaired) electrons. The minimum Gasteiger partial charge on any atom is -0.389 e. The zero-order valence-corrected chi connectivity index (χ0v) is 11.5. The number of aliphatic hydroxyl groups excluding tert-OH is 1. The maximum Gasteiger partial charge on any atom is 0.184 e. The maximum atomic E-state index is 12.1. The lowest BCUT2D eigenvalue weighted by Crippen LogP contribution is -2.42. The van der Waals surface area contributed by atoms with Crippen LogP contribution in [0.3, 0.4) is 0 Å². The number of aliphatic hydroxyl groups is 2. The van der Waals surface area contributed by atoms with E-state index in [1.165, 1.54) is 6.08 Å². The Labute approximate surface area is 108 Å². The molecule has 0 aromatic rings. The molecule has 2 aliphatic rings. The summed E-state index contributed by atoms with van der Waals surface area (Å²) in [5, 5.41) is 20.2. The van der Waals surface area contributed by atoms with Crippen LogP contribution in [0.1, 0.15) is 40.5 Å². The Morgan fingerprint density at radius 2 is 2.00 bits per heavy atom. The summed E-state index contributed by atoms with van der Waals surface area (Å²) in [6.45, 7) is 7.43. The number of allylic oxidation sites excluding steroid dienone is 2. The van der Waals surface area contributed by atoms with Gasteiger partial charge in [-0.2, -0.15) is 0 Å². The molecule has 0 spiro atoms. The minimum absolute atomic E-state index is 0.178. The monoisotopic (exact) mass is 250 g/mol. The highest BCUT2D eigenvalue weighted by molar-refractivity contribution is 6.07. The van der Waals surface area contributed by atoms with E-state index >= 15 is 0 Å². The fourth-order valence-electron chi connectivity index (χ4n) is 3.05. The molecule has 3 nitrogen and oxygen atoms in total. The molecular weight excluding hydrogens is 228 g/mol. The van der Waals surface area contributed by atoms with Crippen molar-refractivity contribution in [1.82, 2.24) is 0 Å². The maximum absolute atomic E-state index is 12.1. The van der Waals surface area contributed by atoms with Crippen molar-refractivity contribution < 1.29 is 15.0 Å². The van der Waals surface area contributed by atoms with Gasteiger partial charge in [0.05, 0.1) is 11.7 Å². The van der Waals surface area contributed by atoms with Crippen molar-refractivity contribution >= 4 is 5.78 Å². The molecular formula is C15H22O3. The van der Waals surface area contributed by atoms with Gasteiger partial charge in [0.25, 0.3) is 0 Å². The third kappa shape index (κ3) is 1.95. The molecule has 0 saturated heterocycles. The topological polar surface area (TPSA) is 57.5 Å². The summed E-state index contributed by atoms with van der Waals surface area (Å²) in [7, 11) is 0. The van der Waals surface area contributed by atoms with Crippen LogP contribution in [0.5, 0.6) is 0 Å². The van der Waals surface area contributed by atoms with Crippen molar-refractivity contribution in [2.45, 2.75) is 52.2 Å². The molecule has 3 heteroatoms. The lowest BCUT2D eigenvalue weighted by Gasteiger charge is -2.45. The number of fused-ring (bicyclic) bond motifs is 1. The van der Waals surface area contributed by atoms with Crippen LogP contribution < -0.4 is 0 Å². The molecule has 1 saturated carbocycles. The van der Waals surface area contributed by atoms with Crippen LogP contribution in [0.25, 0.3) is 0 Å². The van der Waals surface area contributed by atoms with Gasteiger partial charge in [-0.15, -0.1) is 0 Å². The van der Waals surface area contributed by atoms with Crippen molar-refractivity contribution in [2.75, 3.05) is 0 Å². The lowest BCUT2D eigenvalue weighted by molar-refractivity contribution is -0.113. The normalized spacial score (nSPS) is 36.9. The van der Waals surface area contributed by atoms with Crippen molar-refractivity contribution in [1.29, 1.82) is 0 Å². The molecule has 0 bridgehead atoms. The summed E-state index contributed by atoms with van der Waals surface area (Å²) in [4.78, 5) is 12.1. The molecule has 2 aliphatic carbocycles. The predicted octanol–water partition coefficient (Wildman–Crippen LogP) is 1.99. The highest BCUT2D eigenvalue weighted by Gasteiger charge is 2.45. The lowest BCUT2D eigenvalue weighted by atomic mass is 9.60. The van der Waals surface area contributed by atoms with E-state index in [0.717, 1.165) is 12.0 Å². The zero-order valence-electron chi connectivity index (χ0n) is 11.5. The van der Waals surface area contributed by atoms with Crippen LogP contribution in [0.4, 0.5) is 0 Å². The standard InChI is InChI=1S/C15H22O3/c1-9-5-6-12(16)10-7-13(17)11(14(2,3)18)8-15(9,10)4/h7-9,12,16,18H,5-6H2,1-4H3/t9-,12+,15+/m0/s1. The van der Waals surface area contributed by atoms with Crippen LogP contribution in [0.15, 0.2) is 23.3 Å². The van der Waals surface area contributed by atoms with E-state index < -0.39 is 11.7 Å². The zero-order chi connectivity index (χ0) is 13.7. The Morgan fingerprint density at radius 3 is 2.56 bits per heavy atom. The summed E-state index contributed by atoms with van der Waals surface area (Å²) in [5.41, 5.74) is -0.209. The van der Waals surface area contributed by atoms with Gasteiger partial charge < -0.3 is 10.2 Å².